The van der Waals surface area contributed by atoms with Gasteiger partial charge in [0.25, 0.3) is 10.1 Å². The summed E-state index contributed by atoms with van der Waals surface area (Å²) in [6.45, 7) is 5.37. The van der Waals surface area contributed by atoms with Gasteiger partial charge in [0, 0.05) is 35.7 Å². The summed E-state index contributed by atoms with van der Waals surface area (Å²) in [6, 6.07) is 19.4. The smallest absolute Gasteiger partial charge is 0.264 e. The van der Waals surface area contributed by atoms with E-state index >= 15 is 0 Å². The Bertz CT molecular complexity index is 1180. The molecule has 1 fully saturated rings. The molecular formula is C27H36N2O6PS+. The van der Waals surface area contributed by atoms with E-state index in [1.54, 1.807) is 11.6 Å². The van der Waals surface area contributed by atoms with Crippen molar-refractivity contribution in [2.75, 3.05) is 51.7 Å². The Hall–Kier alpha value is -2.26. The average molecular weight is 548 g/mol. The first-order chi connectivity index (χ1) is 17.8. The van der Waals surface area contributed by atoms with Crippen molar-refractivity contribution in [3.05, 3.63) is 83.4 Å². The molecule has 10 heteroatoms. The lowest BCUT2D eigenvalue weighted by Crippen LogP contribution is -2.56. The van der Waals surface area contributed by atoms with Crippen molar-refractivity contribution in [2.45, 2.75) is 19.3 Å². The molecule has 0 atom stereocenters. The number of nitrogens with one attached hydrogen (secondary N) is 1. The highest BCUT2D eigenvalue weighted by atomic mass is 32.2. The summed E-state index contributed by atoms with van der Waals surface area (Å²) in [4.78, 5) is 0. The van der Waals surface area contributed by atoms with E-state index < -0.39 is 17.4 Å². The van der Waals surface area contributed by atoms with Crippen molar-refractivity contribution in [2.24, 2.45) is 0 Å². The molecular weight excluding hydrogens is 511 g/mol. The fraction of sp³-hybridized carbons (Fsp3) is 0.407. The molecule has 2 aromatic carbocycles. The molecule has 0 radical (unpaired) electrons. The van der Waals surface area contributed by atoms with Crippen LogP contribution in [0.3, 0.4) is 0 Å². The highest BCUT2D eigenvalue weighted by Crippen LogP contribution is 2.53. The van der Waals surface area contributed by atoms with Gasteiger partial charge in [-0.05, 0) is 12.8 Å². The van der Waals surface area contributed by atoms with Crippen molar-refractivity contribution in [1.29, 1.82) is 0 Å². The van der Waals surface area contributed by atoms with Crippen molar-refractivity contribution in [3.63, 3.8) is 0 Å². The SMILES string of the molecule is O=P1(NCCC[N+]2(CCCCS(=O)(=O)O)CCOCC2)C=C(c2ccccc2)OC(c2ccccc2)=C1. The first-order valence-electron chi connectivity index (χ1n) is 12.7. The molecule has 200 valence electrons. The molecule has 2 N–H and O–H groups in total. The fourth-order valence-electron chi connectivity index (χ4n) is 4.81. The monoisotopic (exact) mass is 547 g/mol. The Morgan fingerprint density at radius 3 is 1.92 bits per heavy atom. The van der Waals surface area contributed by atoms with Crippen LogP contribution in [0.1, 0.15) is 30.4 Å². The van der Waals surface area contributed by atoms with Crippen LogP contribution in [0.15, 0.2) is 72.3 Å². The number of unbranched alkanes of at least 4 members (excludes halogenated alkanes) is 1. The van der Waals surface area contributed by atoms with E-state index in [1.807, 2.05) is 60.7 Å². The highest BCUT2D eigenvalue weighted by Gasteiger charge is 2.31. The number of nitrogens with zero attached hydrogens (tertiary/aromatic N) is 1. The summed E-state index contributed by atoms with van der Waals surface area (Å²) in [6.07, 6.45) is 1.97. The summed E-state index contributed by atoms with van der Waals surface area (Å²) in [5.41, 5.74) is 1.74. The number of quaternary nitrogens is 1. The fourth-order valence-corrected chi connectivity index (χ4v) is 7.24. The second-order valence-electron chi connectivity index (χ2n) is 9.63. The van der Waals surface area contributed by atoms with Crippen molar-refractivity contribution >= 4 is 28.9 Å². The predicted octanol–water partition coefficient (Wildman–Crippen LogP) is 4.79. The third kappa shape index (κ3) is 8.37. The van der Waals surface area contributed by atoms with E-state index in [0.717, 1.165) is 54.6 Å². The van der Waals surface area contributed by atoms with Crippen LogP contribution in [-0.4, -0.2) is 69.1 Å². The molecule has 2 aliphatic heterocycles. The molecule has 0 bridgehead atoms. The van der Waals surface area contributed by atoms with Gasteiger partial charge in [-0.15, -0.1) is 0 Å². The van der Waals surface area contributed by atoms with Crippen molar-refractivity contribution in [3.8, 4) is 0 Å². The average Bonchev–Trinajstić information content (AvgIpc) is 2.90. The van der Waals surface area contributed by atoms with Gasteiger partial charge in [0.05, 0.1) is 32.1 Å². The number of rotatable bonds is 12. The van der Waals surface area contributed by atoms with Gasteiger partial charge in [0.2, 0.25) is 0 Å². The summed E-state index contributed by atoms with van der Waals surface area (Å²) in [5, 5.41) is 3.31. The Balaban J connectivity index is 1.42. The number of hydrogen-bond donors (Lipinski definition) is 2. The summed E-state index contributed by atoms with van der Waals surface area (Å²) < 4.78 is 57.7. The molecule has 0 aliphatic carbocycles. The maximum atomic E-state index is 14.0. The maximum Gasteiger partial charge on any atom is 0.264 e. The van der Waals surface area contributed by atoms with Gasteiger partial charge >= 0.3 is 0 Å². The maximum absolute atomic E-state index is 14.0. The van der Waals surface area contributed by atoms with Gasteiger partial charge in [-0.2, -0.15) is 8.42 Å². The van der Waals surface area contributed by atoms with Gasteiger partial charge in [0.1, 0.15) is 24.6 Å². The molecule has 1 saturated heterocycles. The second-order valence-corrected chi connectivity index (χ2v) is 13.5. The highest BCUT2D eigenvalue weighted by molar-refractivity contribution is 7.85. The van der Waals surface area contributed by atoms with Crippen LogP contribution in [0.4, 0.5) is 0 Å². The quantitative estimate of drug-likeness (QED) is 0.171. The largest absolute Gasteiger partial charge is 0.456 e. The van der Waals surface area contributed by atoms with Crippen LogP contribution in [0.5, 0.6) is 0 Å². The van der Waals surface area contributed by atoms with E-state index in [9.17, 15) is 13.0 Å². The lowest BCUT2D eigenvalue weighted by atomic mass is 10.2. The first-order valence-corrected chi connectivity index (χ1v) is 16.2. The lowest BCUT2D eigenvalue weighted by molar-refractivity contribution is -0.935. The molecule has 4 rings (SSSR count). The minimum Gasteiger partial charge on any atom is -0.456 e. The van der Waals surface area contributed by atoms with Crippen LogP contribution in [0.25, 0.3) is 11.5 Å². The van der Waals surface area contributed by atoms with Crippen molar-refractivity contribution in [1.82, 2.24) is 5.09 Å². The molecule has 0 aromatic heterocycles. The molecule has 37 heavy (non-hydrogen) atoms. The molecule has 2 aromatic rings. The Morgan fingerprint density at radius 2 is 1.38 bits per heavy atom. The number of benzene rings is 2. The number of ether oxygens (including phenoxy) is 2. The Kier molecular flexibility index (Phi) is 9.40. The molecule has 2 heterocycles. The van der Waals surface area contributed by atoms with Gasteiger partial charge < -0.3 is 14.0 Å². The zero-order valence-corrected chi connectivity index (χ0v) is 22.7. The van der Waals surface area contributed by atoms with Gasteiger partial charge in [-0.25, -0.2) is 0 Å². The third-order valence-corrected chi connectivity index (χ3v) is 9.59. The zero-order valence-electron chi connectivity index (χ0n) is 21.0. The number of hydrogen-bond acceptors (Lipinski definition) is 5. The van der Waals surface area contributed by atoms with Gasteiger partial charge in [-0.1, -0.05) is 60.7 Å². The normalized spacial score (nSPS) is 18.9. The molecule has 0 spiro atoms. The zero-order chi connectivity index (χ0) is 26.2. The number of morpholine rings is 1. The summed E-state index contributed by atoms with van der Waals surface area (Å²) in [7, 11) is -6.95. The third-order valence-electron chi connectivity index (χ3n) is 6.83. The molecule has 2 aliphatic rings. The lowest BCUT2D eigenvalue weighted by Gasteiger charge is -2.41. The van der Waals surface area contributed by atoms with Gasteiger partial charge in [0.15, 0.2) is 7.29 Å². The van der Waals surface area contributed by atoms with Crippen LogP contribution in [0.2, 0.25) is 0 Å². The summed E-state index contributed by atoms with van der Waals surface area (Å²) >= 11 is 0. The predicted molar refractivity (Wildman–Crippen MR) is 146 cm³/mol. The molecule has 0 saturated carbocycles. The Morgan fingerprint density at radius 1 is 0.838 bits per heavy atom. The van der Waals surface area contributed by atoms with E-state index in [4.69, 9.17) is 14.0 Å². The van der Waals surface area contributed by atoms with E-state index in [1.165, 1.54) is 0 Å². The first kappa shape index (κ1) is 27.8. The van der Waals surface area contributed by atoms with Crippen LogP contribution in [-0.2, 0) is 24.2 Å². The van der Waals surface area contributed by atoms with Crippen LogP contribution in [0, 0.1) is 0 Å². The minimum atomic E-state index is -3.93. The molecule has 0 unspecified atom stereocenters. The standard InChI is InChI=1S/C27H35N2O6PS/c30-36(28-14-9-16-29(17-19-34-20-18-29)15-7-8-21-37(31,32)33)22-26(24-10-3-1-4-11-24)35-27(23-36)25-12-5-2-6-13-25/h1-6,10-13,22-23H,7-9,14-21H2,(H-,28,30,31,32,33)/p+1. The van der Waals surface area contributed by atoms with Crippen LogP contribution < -0.4 is 5.09 Å². The van der Waals surface area contributed by atoms with E-state index in [2.05, 4.69) is 5.09 Å². The van der Waals surface area contributed by atoms with Crippen molar-refractivity contribution < 1.29 is 31.5 Å². The second kappa shape index (κ2) is 12.5. The molecule has 0 amide bonds. The van der Waals surface area contributed by atoms with Gasteiger partial charge in [-0.3, -0.25) is 14.2 Å². The summed E-state index contributed by atoms with van der Waals surface area (Å²) in [5.74, 6) is 4.37. The minimum absolute atomic E-state index is 0.206. The van der Waals surface area contributed by atoms with E-state index in [-0.39, 0.29) is 5.75 Å². The van der Waals surface area contributed by atoms with Crippen LogP contribution >= 0.6 is 7.29 Å². The van der Waals surface area contributed by atoms with E-state index in [0.29, 0.717) is 37.7 Å². The topological polar surface area (TPSA) is 102 Å². The Labute approximate surface area is 219 Å². The molecule has 8 nitrogen and oxygen atoms in total.